The van der Waals surface area contributed by atoms with E-state index in [0.29, 0.717) is 69.2 Å². The fourth-order valence-electron chi connectivity index (χ4n) is 5.43. The third-order valence-electron chi connectivity index (χ3n) is 7.67. The zero-order valence-corrected chi connectivity index (χ0v) is 30.0. The lowest BCUT2D eigenvalue weighted by atomic mass is 9.93. The number of nitrogens with zero attached hydrogens (tertiary/aromatic N) is 2. The molecule has 54 heavy (non-hydrogen) atoms. The van der Waals surface area contributed by atoms with E-state index in [2.05, 4.69) is 30.6 Å². The van der Waals surface area contributed by atoms with Gasteiger partial charge in [0.25, 0.3) is 0 Å². The van der Waals surface area contributed by atoms with E-state index in [1.807, 2.05) is 13.8 Å². The zero-order chi connectivity index (χ0) is 38.6. The monoisotopic (exact) mass is 788 g/mol. The van der Waals surface area contributed by atoms with Gasteiger partial charge in [-0.25, -0.2) is 9.97 Å². The highest BCUT2D eigenvalue weighted by Gasteiger charge is 2.39. The summed E-state index contributed by atoms with van der Waals surface area (Å²) in [5, 5.41) is 5.52. The summed E-state index contributed by atoms with van der Waals surface area (Å²) < 4.78 is 96.9. The molecule has 6 rings (SSSR count). The van der Waals surface area contributed by atoms with Crippen molar-refractivity contribution in [2.75, 3.05) is 35.4 Å². The van der Waals surface area contributed by atoms with Gasteiger partial charge in [-0.2, -0.15) is 26.3 Å². The van der Waals surface area contributed by atoms with Gasteiger partial charge < -0.3 is 30.1 Å². The molecule has 18 heteroatoms. The van der Waals surface area contributed by atoms with Crippen molar-refractivity contribution in [3.05, 3.63) is 83.9 Å². The molecular formula is C36H30F6N6O4S2. The summed E-state index contributed by atoms with van der Waals surface area (Å²) in [6, 6.07) is 15.5. The first kappa shape index (κ1) is 38.4. The maximum atomic E-state index is 14.3. The molecule has 0 unspecified atom stereocenters. The third kappa shape index (κ3) is 9.22. The molecule has 6 aromatic rings. The highest BCUT2D eigenvalue weighted by Crippen LogP contribution is 2.44. The van der Waals surface area contributed by atoms with Gasteiger partial charge in [-0.05, 0) is 73.5 Å². The van der Waals surface area contributed by atoms with Crippen molar-refractivity contribution in [1.29, 1.82) is 0 Å². The number of benzene rings is 4. The number of aromatic nitrogens is 4. The number of anilines is 2. The average molecular weight is 789 g/mol. The highest BCUT2D eigenvalue weighted by molar-refractivity contribution is 8.00. The maximum Gasteiger partial charge on any atom is 0.417 e. The van der Waals surface area contributed by atoms with Gasteiger partial charge in [-0.1, -0.05) is 35.7 Å². The number of thioether (sulfide) groups is 2. The fourth-order valence-corrected chi connectivity index (χ4v) is 6.80. The van der Waals surface area contributed by atoms with Crippen LogP contribution < -0.4 is 20.1 Å². The lowest BCUT2D eigenvalue weighted by molar-refractivity contribution is -0.139. The van der Waals surface area contributed by atoms with Crippen LogP contribution in [-0.2, 0) is 21.9 Å². The number of imidazole rings is 2. The van der Waals surface area contributed by atoms with Gasteiger partial charge in [0, 0.05) is 23.5 Å². The number of nitrogens with one attached hydrogen (secondary N) is 4. The van der Waals surface area contributed by atoms with Crippen molar-refractivity contribution in [3.8, 4) is 22.6 Å². The zero-order valence-electron chi connectivity index (χ0n) is 28.4. The predicted molar refractivity (Wildman–Crippen MR) is 195 cm³/mol. The number of alkyl halides is 6. The van der Waals surface area contributed by atoms with Crippen LogP contribution in [0.15, 0.2) is 83.1 Å². The Morgan fingerprint density at radius 3 is 1.41 bits per heavy atom. The number of fused-ring (bicyclic) bond motifs is 2. The number of rotatable bonds is 13. The highest BCUT2D eigenvalue weighted by atomic mass is 32.2. The minimum absolute atomic E-state index is 0.223. The van der Waals surface area contributed by atoms with E-state index in [1.54, 1.807) is 36.4 Å². The SMILES string of the molecule is CCOc1ccc2nc(SCC(=O)Nc3ccc(-c4ccc(NC(=O)CSc5nc6ccc(OCC)cc6[nH]5)cc4C(F)(F)F)c(C(F)(F)F)c3)[nH]c2c1. The number of carbonyl (C=O) groups excluding carboxylic acids is 2. The number of hydrogen-bond acceptors (Lipinski definition) is 8. The van der Waals surface area contributed by atoms with Crippen LogP contribution in [-0.4, -0.2) is 56.5 Å². The summed E-state index contributed by atoms with van der Waals surface area (Å²) in [5.74, 6) is -0.528. The number of halogens is 6. The van der Waals surface area contributed by atoms with Gasteiger partial charge in [-0.3, -0.25) is 9.59 Å². The topological polar surface area (TPSA) is 134 Å². The first-order chi connectivity index (χ1) is 25.7. The van der Waals surface area contributed by atoms with E-state index in [4.69, 9.17) is 9.47 Å². The number of carbonyl (C=O) groups is 2. The molecule has 0 aliphatic carbocycles. The van der Waals surface area contributed by atoms with E-state index < -0.39 is 46.4 Å². The van der Waals surface area contributed by atoms with E-state index in [0.717, 1.165) is 47.8 Å². The van der Waals surface area contributed by atoms with Gasteiger partial charge >= 0.3 is 12.4 Å². The molecule has 4 N–H and O–H groups in total. The lowest BCUT2D eigenvalue weighted by Gasteiger charge is -2.19. The molecule has 0 fully saturated rings. The summed E-state index contributed by atoms with van der Waals surface area (Å²) in [5.41, 5.74) is -2.28. The number of H-pyrrole nitrogens is 2. The van der Waals surface area contributed by atoms with Crippen LogP contribution in [0.25, 0.3) is 33.2 Å². The van der Waals surface area contributed by atoms with Crippen LogP contribution in [0.1, 0.15) is 25.0 Å². The quantitative estimate of drug-likeness (QED) is 0.0672. The van der Waals surface area contributed by atoms with Gasteiger partial charge in [0.2, 0.25) is 11.8 Å². The van der Waals surface area contributed by atoms with Crippen molar-refractivity contribution < 1.29 is 45.4 Å². The van der Waals surface area contributed by atoms with E-state index in [9.17, 15) is 35.9 Å². The molecule has 2 amide bonds. The summed E-state index contributed by atoms with van der Waals surface area (Å²) in [6.45, 7) is 4.62. The van der Waals surface area contributed by atoms with Crippen LogP contribution in [0, 0.1) is 0 Å². The van der Waals surface area contributed by atoms with Crippen LogP contribution in [0.3, 0.4) is 0 Å². The molecule has 0 aliphatic heterocycles. The van der Waals surface area contributed by atoms with Crippen LogP contribution in [0.2, 0.25) is 0 Å². The van der Waals surface area contributed by atoms with Crippen molar-refractivity contribution >= 4 is 68.8 Å². The second-order valence-corrected chi connectivity index (χ2v) is 13.4. The van der Waals surface area contributed by atoms with Crippen LogP contribution >= 0.6 is 23.5 Å². The molecule has 0 saturated heterocycles. The normalized spacial score (nSPS) is 11.9. The minimum atomic E-state index is -5.09. The first-order valence-corrected chi connectivity index (χ1v) is 18.2. The van der Waals surface area contributed by atoms with E-state index in [1.165, 1.54) is 0 Å². The maximum absolute atomic E-state index is 14.3. The molecule has 0 radical (unpaired) electrons. The summed E-state index contributed by atoms with van der Waals surface area (Å²) in [6.07, 6.45) is -10.2. The molecule has 4 aromatic carbocycles. The number of hydrogen-bond donors (Lipinski definition) is 4. The predicted octanol–water partition coefficient (Wildman–Crippen LogP) is 9.40. The smallest absolute Gasteiger partial charge is 0.417 e. The molecule has 0 aliphatic rings. The average Bonchev–Trinajstić information content (AvgIpc) is 3.72. The Balaban J connectivity index is 1.15. The molecule has 10 nitrogen and oxygen atoms in total. The summed E-state index contributed by atoms with van der Waals surface area (Å²) in [4.78, 5) is 40.2. The second-order valence-electron chi connectivity index (χ2n) is 11.5. The van der Waals surface area contributed by atoms with Gasteiger partial charge in [0.1, 0.15) is 11.5 Å². The summed E-state index contributed by atoms with van der Waals surface area (Å²) in [7, 11) is 0. The van der Waals surface area contributed by atoms with Gasteiger partial charge in [0.05, 0.1) is 57.9 Å². The van der Waals surface area contributed by atoms with Crippen LogP contribution in [0.4, 0.5) is 37.7 Å². The Morgan fingerprint density at radius 2 is 1.04 bits per heavy atom. The Morgan fingerprint density at radius 1 is 0.630 bits per heavy atom. The van der Waals surface area contributed by atoms with Crippen LogP contribution in [0.5, 0.6) is 11.5 Å². The number of ether oxygens (including phenoxy) is 2. The molecule has 0 atom stereocenters. The second kappa shape index (κ2) is 15.9. The standard InChI is InChI=1S/C36H30F6N6O4S2/c1-3-51-21-7-11-27-29(15-21)47-33(45-27)53-17-31(49)43-19-5-9-23(25(13-19)35(37,38)39)24-10-6-20(14-26(24)36(40,41)42)44-32(50)18-54-34-46-28-12-8-22(52-4-2)16-30(28)48-34/h5-16H,3-4,17-18H2,1-2H3,(H,43,49)(H,44,50)(H,45,47)(H,46,48). The van der Waals surface area contributed by atoms with Gasteiger partial charge in [-0.15, -0.1) is 0 Å². The van der Waals surface area contributed by atoms with Crippen molar-refractivity contribution in [3.63, 3.8) is 0 Å². The molecule has 2 heterocycles. The van der Waals surface area contributed by atoms with E-state index >= 15 is 0 Å². The molecule has 0 spiro atoms. The summed E-state index contributed by atoms with van der Waals surface area (Å²) >= 11 is 2.02. The molecule has 0 saturated carbocycles. The van der Waals surface area contributed by atoms with E-state index in [-0.39, 0.29) is 22.9 Å². The Hall–Kier alpha value is -5.36. The lowest BCUT2D eigenvalue weighted by Crippen LogP contribution is -2.17. The fraction of sp³-hybridized carbons (Fsp3) is 0.222. The molecule has 2 aromatic heterocycles. The molecular weight excluding hydrogens is 759 g/mol. The van der Waals surface area contributed by atoms with Crippen molar-refractivity contribution in [1.82, 2.24) is 19.9 Å². The Labute approximate surface area is 311 Å². The Kier molecular flexibility index (Phi) is 11.3. The van der Waals surface area contributed by atoms with Crippen molar-refractivity contribution in [2.45, 2.75) is 36.5 Å². The minimum Gasteiger partial charge on any atom is -0.494 e. The number of amides is 2. The van der Waals surface area contributed by atoms with Crippen molar-refractivity contribution in [2.24, 2.45) is 0 Å². The third-order valence-corrected chi connectivity index (χ3v) is 9.42. The Bertz CT molecular complexity index is 2160. The largest absolute Gasteiger partial charge is 0.494 e. The number of aromatic amines is 2. The molecule has 282 valence electrons. The first-order valence-electron chi connectivity index (χ1n) is 16.2. The molecule has 0 bridgehead atoms. The van der Waals surface area contributed by atoms with Gasteiger partial charge in [0.15, 0.2) is 10.3 Å².